The van der Waals surface area contributed by atoms with Gasteiger partial charge in [-0.2, -0.15) is 0 Å². The van der Waals surface area contributed by atoms with Crippen molar-refractivity contribution in [1.82, 2.24) is 14.5 Å². The van der Waals surface area contributed by atoms with Gasteiger partial charge in [0, 0.05) is 23.2 Å². The molecule has 2 aromatic heterocycles. The summed E-state index contributed by atoms with van der Waals surface area (Å²) in [6.07, 6.45) is 1.05. The van der Waals surface area contributed by atoms with Gasteiger partial charge in [-0.25, -0.2) is 4.98 Å². The first-order valence-corrected chi connectivity index (χ1v) is 7.64. The number of benzene rings is 1. The fraction of sp³-hybridized carbons (Fsp3) is 0.333. The number of aromatic amines is 1. The second-order valence-electron chi connectivity index (χ2n) is 4.99. The largest absolute Gasteiger partial charge is 0.349 e. The highest BCUT2D eigenvalue weighted by Crippen LogP contribution is 2.26. The topological polar surface area (TPSA) is 50.7 Å². The minimum atomic E-state index is -0.0167. The van der Waals surface area contributed by atoms with Crippen molar-refractivity contribution in [3.8, 4) is 0 Å². The van der Waals surface area contributed by atoms with Crippen LogP contribution in [0.25, 0.3) is 21.9 Å². The number of hydrogen-bond donors (Lipinski definition) is 1. The van der Waals surface area contributed by atoms with Gasteiger partial charge in [0.15, 0.2) is 5.16 Å². The highest BCUT2D eigenvalue weighted by Gasteiger charge is 2.14. The van der Waals surface area contributed by atoms with Crippen molar-refractivity contribution in [2.75, 3.05) is 0 Å². The Morgan fingerprint density at radius 3 is 2.90 bits per heavy atom. The van der Waals surface area contributed by atoms with Crippen molar-refractivity contribution >= 4 is 33.7 Å². The molecule has 0 aliphatic rings. The molecule has 0 saturated heterocycles. The molecule has 0 saturated carbocycles. The predicted molar refractivity (Wildman–Crippen MR) is 84.5 cm³/mol. The van der Waals surface area contributed by atoms with E-state index in [0.717, 1.165) is 28.0 Å². The molecule has 0 amide bonds. The van der Waals surface area contributed by atoms with Crippen molar-refractivity contribution < 1.29 is 0 Å². The maximum atomic E-state index is 12.5. The quantitative estimate of drug-likeness (QED) is 0.594. The SMILES string of the molecule is CC[C@@H](C)Sc1nc2c([nH]c3ccccc32)c(=O)n1C. The number of aromatic nitrogens is 3. The van der Waals surface area contributed by atoms with Crippen LogP contribution in [0.1, 0.15) is 20.3 Å². The lowest BCUT2D eigenvalue weighted by Gasteiger charge is -2.10. The Morgan fingerprint density at radius 1 is 1.40 bits per heavy atom. The summed E-state index contributed by atoms with van der Waals surface area (Å²) in [7, 11) is 1.78. The molecule has 0 aliphatic heterocycles. The molecular weight excluding hydrogens is 270 g/mol. The Kier molecular flexibility index (Phi) is 3.30. The van der Waals surface area contributed by atoms with Crippen molar-refractivity contribution in [1.29, 1.82) is 0 Å². The average Bonchev–Trinajstić information content (AvgIpc) is 2.83. The highest BCUT2D eigenvalue weighted by molar-refractivity contribution is 7.99. The van der Waals surface area contributed by atoms with E-state index in [0.29, 0.717) is 10.8 Å². The van der Waals surface area contributed by atoms with E-state index in [1.165, 1.54) is 0 Å². The zero-order chi connectivity index (χ0) is 14.3. The lowest BCUT2D eigenvalue weighted by atomic mass is 10.2. The van der Waals surface area contributed by atoms with Crippen molar-refractivity contribution in [3.63, 3.8) is 0 Å². The molecule has 2 heterocycles. The minimum absolute atomic E-state index is 0.0167. The predicted octanol–water partition coefficient (Wildman–Crippen LogP) is 3.31. The second-order valence-corrected chi connectivity index (χ2v) is 6.40. The van der Waals surface area contributed by atoms with E-state index in [-0.39, 0.29) is 5.56 Å². The summed E-state index contributed by atoms with van der Waals surface area (Å²) >= 11 is 1.65. The zero-order valence-corrected chi connectivity index (χ0v) is 12.6. The van der Waals surface area contributed by atoms with E-state index >= 15 is 0 Å². The lowest BCUT2D eigenvalue weighted by molar-refractivity contribution is 0.720. The maximum Gasteiger partial charge on any atom is 0.278 e. The standard InChI is InChI=1S/C15H17N3OS/c1-4-9(2)20-15-17-12-10-7-5-6-8-11(10)16-13(12)14(19)18(15)3/h5-9,16H,4H2,1-3H3/t9-/m1/s1. The van der Waals surface area contributed by atoms with Gasteiger partial charge >= 0.3 is 0 Å². The summed E-state index contributed by atoms with van der Waals surface area (Å²) in [6, 6.07) is 7.89. The van der Waals surface area contributed by atoms with Gasteiger partial charge in [0.1, 0.15) is 11.0 Å². The number of H-pyrrole nitrogens is 1. The molecule has 0 fully saturated rings. The van der Waals surface area contributed by atoms with E-state index in [9.17, 15) is 4.79 Å². The van der Waals surface area contributed by atoms with Gasteiger partial charge < -0.3 is 4.98 Å². The van der Waals surface area contributed by atoms with Gasteiger partial charge in [0.2, 0.25) is 0 Å². The first-order valence-electron chi connectivity index (χ1n) is 6.76. The summed E-state index contributed by atoms with van der Waals surface area (Å²) < 4.78 is 1.63. The Bertz CT molecular complexity index is 834. The third-order valence-electron chi connectivity index (χ3n) is 3.57. The van der Waals surface area contributed by atoms with Gasteiger partial charge in [0.25, 0.3) is 5.56 Å². The van der Waals surface area contributed by atoms with E-state index in [2.05, 4.69) is 18.8 Å². The normalized spacial score (nSPS) is 13.2. The summed E-state index contributed by atoms with van der Waals surface area (Å²) in [6.45, 7) is 4.29. The molecule has 1 aromatic carbocycles. The number of nitrogens with one attached hydrogen (secondary N) is 1. The van der Waals surface area contributed by atoms with Crippen LogP contribution in [-0.2, 0) is 7.05 Å². The highest BCUT2D eigenvalue weighted by atomic mass is 32.2. The average molecular weight is 287 g/mol. The number of fused-ring (bicyclic) bond motifs is 3. The molecule has 5 heteroatoms. The van der Waals surface area contributed by atoms with Gasteiger partial charge in [0.05, 0.1) is 0 Å². The van der Waals surface area contributed by atoms with Gasteiger partial charge in [-0.3, -0.25) is 9.36 Å². The van der Waals surface area contributed by atoms with Crippen molar-refractivity contribution in [2.45, 2.75) is 30.7 Å². The van der Waals surface area contributed by atoms with Crippen LogP contribution in [0, 0.1) is 0 Å². The Labute approximate surface area is 121 Å². The van der Waals surface area contributed by atoms with Gasteiger partial charge in [-0.1, -0.05) is 43.8 Å². The van der Waals surface area contributed by atoms with Crippen LogP contribution in [0.3, 0.4) is 0 Å². The summed E-state index contributed by atoms with van der Waals surface area (Å²) in [5, 5.41) is 2.23. The van der Waals surface area contributed by atoms with Crippen LogP contribution in [0.2, 0.25) is 0 Å². The molecule has 0 unspecified atom stereocenters. The smallest absolute Gasteiger partial charge is 0.278 e. The van der Waals surface area contributed by atoms with Crippen LogP contribution in [-0.4, -0.2) is 19.8 Å². The number of rotatable bonds is 3. The molecule has 1 N–H and O–H groups in total. The Morgan fingerprint density at radius 2 is 2.15 bits per heavy atom. The first kappa shape index (κ1) is 13.2. The summed E-state index contributed by atoms with van der Waals surface area (Å²) in [5.41, 5.74) is 2.30. The molecule has 4 nitrogen and oxygen atoms in total. The second kappa shape index (κ2) is 4.98. The van der Waals surface area contributed by atoms with Crippen LogP contribution in [0.15, 0.2) is 34.2 Å². The van der Waals surface area contributed by atoms with E-state index in [1.807, 2.05) is 24.3 Å². The van der Waals surface area contributed by atoms with Crippen LogP contribution in [0.5, 0.6) is 0 Å². The molecule has 0 bridgehead atoms. The van der Waals surface area contributed by atoms with Crippen molar-refractivity contribution in [2.24, 2.45) is 7.05 Å². The molecule has 1 atom stereocenters. The van der Waals surface area contributed by atoms with E-state index in [4.69, 9.17) is 4.98 Å². The van der Waals surface area contributed by atoms with E-state index < -0.39 is 0 Å². The number of para-hydroxylation sites is 1. The lowest BCUT2D eigenvalue weighted by Crippen LogP contribution is -2.20. The fourth-order valence-electron chi connectivity index (χ4n) is 2.19. The van der Waals surface area contributed by atoms with Crippen LogP contribution < -0.4 is 5.56 Å². The maximum absolute atomic E-state index is 12.5. The van der Waals surface area contributed by atoms with Crippen molar-refractivity contribution in [3.05, 3.63) is 34.6 Å². The molecular formula is C15H17N3OS. The molecule has 0 spiro atoms. The molecule has 0 radical (unpaired) electrons. The molecule has 3 rings (SSSR count). The third kappa shape index (κ3) is 2.02. The molecule has 20 heavy (non-hydrogen) atoms. The Balaban J connectivity index is 2.30. The molecule has 3 aromatic rings. The summed E-state index contributed by atoms with van der Waals surface area (Å²) in [5.74, 6) is 0. The van der Waals surface area contributed by atoms with E-state index in [1.54, 1.807) is 23.4 Å². The summed E-state index contributed by atoms with van der Waals surface area (Å²) in [4.78, 5) is 20.3. The fourth-order valence-corrected chi connectivity index (χ4v) is 3.10. The zero-order valence-electron chi connectivity index (χ0n) is 11.8. The number of thioether (sulfide) groups is 1. The molecule has 0 aliphatic carbocycles. The molecule has 104 valence electrons. The third-order valence-corrected chi connectivity index (χ3v) is 4.88. The Hall–Kier alpha value is -1.75. The van der Waals surface area contributed by atoms with Crippen LogP contribution in [0.4, 0.5) is 0 Å². The van der Waals surface area contributed by atoms with Gasteiger partial charge in [-0.15, -0.1) is 0 Å². The van der Waals surface area contributed by atoms with Gasteiger partial charge in [-0.05, 0) is 12.5 Å². The number of nitrogens with zero attached hydrogens (tertiary/aromatic N) is 2. The monoisotopic (exact) mass is 287 g/mol. The first-order chi connectivity index (χ1) is 9.61. The minimum Gasteiger partial charge on any atom is -0.349 e. The van der Waals surface area contributed by atoms with Crippen LogP contribution >= 0.6 is 11.8 Å². The number of hydrogen-bond acceptors (Lipinski definition) is 3.